The van der Waals surface area contributed by atoms with Gasteiger partial charge in [-0.1, -0.05) is 17.7 Å². The van der Waals surface area contributed by atoms with Gasteiger partial charge in [-0.15, -0.1) is 0 Å². The molecule has 20 heavy (non-hydrogen) atoms. The zero-order valence-corrected chi connectivity index (χ0v) is 12.4. The molecule has 0 bridgehead atoms. The van der Waals surface area contributed by atoms with Crippen molar-refractivity contribution < 1.29 is 14.7 Å². The molecule has 0 spiro atoms. The third-order valence-electron chi connectivity index (χ3n) is 2.68. The van der Waals surface area contributed by atoms with E-state index < -0.39 is 5.97 Å². The summed E-state index contributed by atoms with van der Waals surface area (Å²) in [6, 6.07) is 4.84. The average Bonchev–Trinajstić information content (AvgIpc) is 2.35. The maximum atomic E-state index is 12.0. The lowest BCUT2D eigenvalue weighted by atomic mass is 10.2. The Balaban J connectivity index is 2.80. The minimum atomic E-state index is -0.943. The first-order valence-electron chi connectivity index (χ1n) is 6.02. The summed E-state index contributed by atoms with van der Waals surface area (Å²) < 4.78 is 0. The number of aliphatic carboxylic acids is 1. The number of hydrogen-bond acceptors (Lipinski definition) is 3. The summed E-state index contributed by atoms with van der Waals surface area (Å²) in [7, 11) is 5.19. The molecular formula is C13H18ClN3O3. The van der Waals surface area contributed by atoms with Gasteiger partial charge < -0.3 is 20.2 Å². The molecule has 2 amide bonds. The molecule has 0 fully saturated rings. The number of carbonyl (C=O) groups excluding carboxylic acids is 1. The third-order valence-corrected chi connectivity index (χ3v) is 2.99. The second kappa shape index (κ2) is 7.00. The number of rotatable bonds is 5. The molecule has 0 unspecified atom stereocenters. The van der Waals surface area contributed by atoms with Crippen molar-refractivity contribution in [3.05, 3.63) is 23.2 Å². The lowest BCUT2D eigenvalue weighted by Crippen LogP contribution is -2.33. The molecule has 0 saturated carbocycles. The summed E-state index contributed by atoms with van der Waals surface area (Å²) in [4.78, 5) is 25.6. The van der Waals surface area contributed by atoms with E-state index in [1.165, 1.54) is 11.9 Å². The fraction of sp³-hybridized carbons (Fsp3) is 0.385. The molecule has 0 saturated heterocycles. The van der Waals surface area contributed by atoms with Gasteiger partial charge in [-0.3, -0.25) is 4.79 Å². The lowest BCUT2D eigenvalue weighted by Gasteiger charge is -2.22. The van der Waals surface area contributed by atoms with Crippen molar-refractivity contribution in [1.29, 1.82) is 0 Å². The van der Waals surface area contributed by atoms with Crippen LogP contribution < -0.4 is 10.2 Å². The zero-order chi connectivity index (χ0) is 15.3. The second-order valence-electron chi connectivity index (χ2n) is 4.53. The third kappa shape index (κ3) is 4.31. The predicted octanol–water partition coefficient (Wildman–Crippen LogP) is 2.34. The number of hydrogen-bond donors (Lipinski definition) is 2. The van der Waals surface area contributed by atoms with E-state index >= 15 is 0 Å². The van der Waals surface area contributed by atoms with E-state index in [9.17, 15) is 9.59 Å². The van der Waals surface area contributed by atoms with Crippen LogP contribution in [0.1, 0.15) is 6.42 Å². The molecule has 6 nitrogen and oxygen atoms in total. The first kappa shape index (κ1) is 16.1. The molecule has 1 aromatic rings. The maximum Gasteiger partial charge on any atom is 0.321 e. The highest BCUT2D eigenvalue weighted by atomic mass is 35.5. The number of amides is 2. The van der Waals surface area contributed by atoms with Gasteiger partial charge in [0, 0.05) is 27.7 Å². The molecule has 0 aliphatic rings. The number of benzene rings is 1. The van der Waals surface area contributed by atoms with Crippen molar-refractivity contribution in [3.63, 3.8) is 0 Å². The van der Waals surface area contributed by atoms with E-state index in [1.54, 1.807) is 23.1 Å². The van der Waals surface area contributed by atoms with Crippen LogP contribution in [-0.2, 0) is 4.79 Å². The summed E-state index contributed by atoms with van der Waals surface area (Å²) >= 11 is 6.11. The van der Waals surface area contributed by atoms with Gasteiger partial charge in [0.2, 0.25) is 0 Å². The van der Waals surface area contributed by atoms with Crippen molar-refractivity contribution in [3.8, 4) is 0 Å². The van der Waals surface area contributed by atoms with E-state index in [1.807, 2.05) is 14.1 Å². The fourth-order valence-corrected chi connectivity index (χ4v) is 1.99. The van der Waals surface area contributed by atoms with Gasteiger partial charge in [0.05, 0.1) is 22.8 Å². The number of nitrogens with one attached hydrogen (secondary N) is 1. The predicted molar refractivity (Wildman–Crippen MR) is 79.7 cm³/mol. The number of carbonyl (C=O) groups is 2. The van der Waals surface area contributed by atoms with Crippen molar-refractivity contribution in [1.82, 2.24) is 4.90 Å². The standard InChI is InChI=1S/C13H18ClN3O3/c1-16(2)12-9(14)5-4-6-10(12)15-13(20)17(3)8-7-11(18)19/h4-6H,7-8H2,1-3H3,(H,15,20)(H,18,19). The highest BCUT2D eigenvalue weighted by molar-refractivity contribution is 6.34. The fourth-order valence-electron chi connectivity index (χ4n) is 1.65. The van der Waals surface area contributed by atoms with Gasteiger partial charge >= 0.3 is 12.0 Å². The van der Waals surface area contributed by atoms with Crippen LogP contribution in [0.15, 0.2) is 18.2 Å². The van der Waals surface area contributed by atoms with Crippen LogP contribution in [0.5, 0.6) is 0 Å². The van der Waals surface area contributed by atoms with E-state index in [4.69, 9.17) is 16.7 Å². The van der Waals surface area contributed by atoms with Crippen LogP contribution in [0.2, 0.25) is 5.02 Å². The molecule has 7 heteroatoms. The molecule has 0 aromatic heterocycles. The summed E-state index contributed by atoms with van der Waals surface area (Å²) in [6.07, 6.45) is -0.0972. The minimum absolute atomic E-state index is 0.0972. The number of carboxylic acid groups (broad SMARTS) is 1. The van der Waals surface area contributed by atoms with E-state index in [0.29, 0.717) is 16.4 Å². The van der Waals surface area contributed by atoms with Gasteiger partial charge in [-0.25, -0.2) is 4.79 Å². The molecule has 0 aliphatic heterocycles. The van der Waals surface area contributed by atoms with Crippen LogP contribution in [0, 0.1) is 0 Å². The van der Waals surface area contributed by atoms with Crippen molar-refractivity contribution >= 4 is 35.0 Å². The Morgan fingerprint density at radius 2 is 1.95 bits per heavy atom. The zero-order valence-electron chi connectivity index (χ0n) is 11.7. The Labute approximate surface area is 122 Å². The Morgan fingerprint density at radius 1 is 1.30 bits per heavy atom. The highest BCUT2D eigenvalue weighted by Crippen LogP contribution is 2.32. The van der Waals surface area contributed by atoms with E-state index in [0.717, 1.165) is 0 Å². The first-order chi connectivity index (χ1) is 9.32. The van der Waals surface area contributed by atoms with Crippen LogP contribution in [-0.4, -0.2) is 49.7 Å². The van der Waals surface area contributed by atoms with Crippen LogP contribution in [0.3, 0.4) is 0 Å². The Bertz CT molecular complexity index is 506. The van der Waals surface area contributed by atoms with Crippen molar-refractivity contribution in [2.45, 2.75) is 6.42 Å². The molecule has 0 aliphatic carbocycles. The summed E-state index contributed by atoms with van der Waals surface area (Å²) in [5.74, 6) is -0.943. The SMILES string of the molecule is CN(CCC(=O)O)C(=O)Nc1cccc(Cl)c1N(C)C. The smallest absolute Gasteiger partial charge is 0.321 e. The Kier molecular flexibility index (Phi) is 5.64. The van der Waals surface area contributed by atoms with Gasteiger partial charge in [-0.05, 0) is 12.1 Å². The summed E-state index contributed by atoms with van der Waals surface area (Å²) in [5.41, 5.74) is 1.28. The molecule has 0 atom stereocenters. The number of halogens is 1. The summed E-state index contributed by atoms with van der Waals surface area (Å²) in [6.45, 7) is 0.138. The highest BCUT2D eigenvalue weighted by Gasteiger charge is 2.14. The molecule has 2 N–H and O–H groups in total. The van der Waals surface area contributed by atoms with Gasteiger partial charge in [0.15, 0.2) is 0 Å². The minimum Gasteiger partial charge on any atom is -0.481 e. The van der Waals surface area contributed by atoms with Gasteiger partial charge in [-0.2, -0.15) is 0 Å². The number of nitrogens with zero attached hydrogens (tertiary/aromatic N) is 2. The molecule has 1 aromatic carbocycles. The quantitative estimate of drug-likeness (QED) is 0.875. The number of para-hydroxylation sites is 1. The molecular weight excluding hydrogens is 282 g/mol. The van der Waals surface area contributed by atoms with Crippen LogP contribution in [0.25, 0.3) is 0 Å². The molecule has 1 rings (SSSR count). The van der Waals surface area contributed by atoms with Gasteiger partial charge in [0.1, 0.15) is 0 Å². The Morgan fingerprint density at radius 3 is 2.50 bits per heavy atom. The van der Waals surface area contributed by atoms with Crippen LogP contribution in [0.4, 0.5) is 16.2 Å². The molecule has 110 valence electrons. The van der Waals surface area contributed by atoms with Crippen molar-refractivity contribution in [2.75, 3.05) is 37.9 Å². The Hall–Kier alpha value is -1.95. The maximum absolute atomic E-state index is 12.0. The molecule has 0 radical (unpaired) electrons. The second-order valence-corrected chi connectivity index (χ2v) is 4.93. The van der Waals surface area contributed by atoms with E-state index in [-0.39, 0.29) is 19.0 Å². The number of urea groups is 1. The lowest BCUT2D eigenvalue weighted by molar-refractivity contribution is -0.137. The number of carboxylic acids is 1. The van der Waals surface area contributed by atoms with Gasteiger partial charge in [0.25, 0.3) is 0 Å². The topological polar surface area (TPSA) is 72.9 Å². The largest absolute Gasteiger partial charge is 0.481 e. The molecule has 0 heterocycles. The normalized spacial score (nSPS) is 10.0. The average molecular weight is 300 g/mol. The summed E-state index contributed by atoms with van der Waals surface area (Å²) in [5, 5.41) is 11.9. The first-order valence-corrected chi connectivity index (χ1v) is 6.40. The van der Waals surface area contributed by atoms with Crippen LogP contribution >= 0.6 is 11.6 Å². The number of anilines is 2. The van der Waals surface area contributed by atoms with Crippen molar-refractivity contribution in [2.24, 2.45) is 0 Å². The monoisotopic (exact) mass is 299 g/mol. The van der Waals surface area contributed by atoms with E-state index in [2.05, 4.69) is 5.32 Å².